The Morgan fingerprint density at radius 3 is 1.53 bits per heavy atom. The van der Waals surface area contributed by atoms with Crippen molar-refractivity contribution < 1.29 is 10.2 Å². The Morgan fingerprint density at radius 1 is 0.842 bits per heavy atom. The van der Waals surface area contributed by atoms with E-state index >= 15 is 0 Å². The van der Waals surface area contributed by atoms with Crippen molar-refractivity contribution in [2.45, 2.75) is 49.3 Å². The zero-order valence-corrected chi connectivity index (χ0v) is 11.7. The normalized spacial score (nSPS) is 13.6. The van der Waals surface area contributed by atoms with Crippen molar-refractivity contribution in [1.29, 1.82) is 0 Å². The van der Waals surface area contributed by atoms with Gasteiger partial charge in [-0.25, -0.2) is 0 Å². The molecule has 0 rings (SSSR count). The van der Waals surface area contributed by atoms with E-state index in [-0.39, 0.29) is 6.42 Å². The summed E-state index contributed by atoms with van der Waals surface area (Å²) in [7, 11) is 0. The minimum Gasteiger partial charge on any atom is -0.389 e. The topological polar surface area (TPSA) is 66.5 Å². The maximum atomic E-state index is 10.5. The molecular weight excluding hydrogens is 238 g/mol. The van der Waals surface area contributed by atoms with Gasteiger partial charge >= 0.3 is 0 Å². The molecule has 108 valence electrons. The van der Waals surface area contributed by atoms with Crippen LogP contribution < -0.4 is 5.73 Å². The number of hydrogen-bond acceptors (Lipinski definition) is 3. The first kappa shape index (κ1) is 17.8. The van der Waals surface area contributed by atoms with Crippen molar-refractivity contribution in [3.63, 3.8) is 0 Å². The summed E-state index contributed by atoms with van der Waals surface area (Å²) < 4.78 is 0. The monoisotopic (exact) mass is 265 g/mol. The summed E-state index contributed by atoms with van der Waals surface area (Å²) in [5.74, 6) is 0. The first-order valence-corrected chi connectivity index (χ1v) is 6.51. The fourth-order valence-electron chi connectivity index (χ4n) is 2.27. The van der Waals surface area contributed by atoms with Crippen LogP contribution in [0, 0.1) is 0 Å². The van der Waals surface area contributed by atoms with E-state index in [4.69, 9.17) is 5.73 Å². The van der Waals surface area contributed by atoms with Gasteiger partial charge in [0.15, 0.2) is 0 Å². The van der Waals surface area contributed by atoms with Gasteiger partial charge in [-0.3, -0.25) is 0 Å². The molecular formula is C16H27NO2. The van der Waals surface area contributed by atoms with Crippen molar-refractivity contribution >= 4 is 0 Å². The molecule has 0 spiro atoms. The van der Waals surface area contributed by atoms with Gasteiger partial charge in [-0.2, -0.15) is 0 Å². The maximum absolute atomic E-state index is 10.5. The third kappa shape index (κ3) is 5.55. The van der Waals surface area contributed by atoms with E-state index in [2.05, 4.69) is 26.3 Å². The number of nitrogens with two attached hydrogens (primary N) is 1. The molecule has 0 aromatic carbocycles. The van der Waals surface area contributed by atoms with Gasteiger partial charge in [0.05, 0.1) is 11.2 Å². The molecule has 0 aliphatic carbocycles. The van der Waals surface area contributed by atoms with Crippen LogP contribution in [0.1, 0.15) is 32.1 Å². The quantitative estimate of drug-likeness (QED) is 0.503. The Balaban J connectivity index is 4.97. The Labute approximate surface area is 116 Å². The molecule has 0 heterocycles. The predicted octanol–water partition coefficient (Wildman–Crippen LogP) is 2.47. The van der Waals surface area contributed by atoms with Crippen molar-refractivity contribution in [3.8, 4) is 0 Å². The molecule has 0 radical (unpaired) electrons. The van der Waals surface area contributed by atoms with Gasteiger partial charge in [0, 0.05) is 6.04 Å². The highest BCUT2D eigenvalue weighted by Crippen LogP contribution is 2.29. The predicted molar refractivity (Wildman–Crippen MR) is 81.7 cm³/mol. The SMILES string of the molecule is C=CCC(O)(CC=C)CC(N)C(O)(CC=C)CC=C. The lowest BCUT2D eigenvalue weighted by atomic mass is 9.79. The molecule has 1 unspecified atom stereocenters. The Morgan fingerprint density at radius 2 is 1.21 bits per heavy atom. The summed E-state index contributed by atoms with van der Waals surface area (Å²) in [6.45, 7) is 14.5. The molecule has 0 fully saturated rings. The van der Waals surface area contributed by atoms with Gasteiger partial charge in [0.2, 0.25) is 0 Å². The van der Waals surface area contributed by atoms with Crippen LogP contribution in [-0.4, -0.2) is 27.5 Å². The molecule has 0 amide bonds. The highest BCUT2D eigenvalue weighted by molar-refractivity contribution is 5.03. The molecule has 0 aliphatic heterocycles. The van der Waals surface area contributed by atoms with Gasteiger partial charge < -0.3 is 15.9 Å². The number of hydrogen-bond donors (Lipinski definition) is 3. The second-order valence-electron chi connectivity index (χ2n) is 5.11. The Bertz CT molecular complexity index is 303. The molecule has 4 N–H and O–H groups in total. The van der Waals surface area contributed by atoms with Crippen LogP contribution in [0.2, 0.25) is 0 Å². The van der Waals surface area contributed by atoms with Crippen molar-refractivity contribution in [2.24, 2.45) is 5.73 Å². The van der Waals surface area contributed by atoms with Crippen LogP contribution in [0.3, 0.4) is 0 Å². The highest BCUT2D eigenvalue weighted by atomic mass is 16.3. The Hall–Kier alpha value is -1.16. The second kappa shape index (κ2) is 8.10. The van der Waals surface area contributed by atoms with Gasteiger partial charge in [-0.15, -0.1) is 26.3 Å². The molecule has 0 aromatic rings. The molecule has 0 saturated carbocycles. The van der Waals surface area contributed by atoms with Gasteiger partial charge in [0.1, 0.15) is 0 Å². The summed E-state index contributed by atoms with van der Waals surface area (Å²) >= 11 is 0. The summed E-state index contributed by atoms with van der Waals surface area (Å²) in [6.07, 6.45) is 8.36. The van der Waals surface area contributed by atoms with Crippen LogP contribution in [0.15, 0.2) is 50.6 Å². The van der Waals surface area contributed by atoms with E-state index < -0.39 is 17.2 Å². The summed E-state index contributed by atoms with van der Waals surface area (Å²) in [6, 6.07) is -0.576. The minimum atomic E-state index is -1.13. The first-order chi connectivity index (χ1) is 8.87. The third-order valence-corrected chi connectivity index (χ3v) is 3.33. The molecule has 0 saturated heterocycles. The lowest BCUT2D eigenvalue weighted by Crippen LogP contribution is -2.51. The van der Waals surface area contributed by atoms with Crippen molar-refractivity contribution in [2.75, 3.05) is 0 Å². The first-order valence-electron chi connectivity index (χ1n) is 6.51. The molecule has 19 heavy (non-hydrogen) atoms. The van der Waals surface area contributed by atoms with Crippen LogP contribution >= 0.6 is 0 Å². The van der Waals surface area contributed by atoms with E-state index in [1.165, 1.54) is 0 Å². The van der Waals surface area contributed by atoms with Crippen molar-refractivity contribution in [1.82, 2.24) is 0 Å². The van der Waals surface area contributed by atoms with Crippen LogP contribution in [0.25, 0.3) is 0 Å². The maximum Gasteiger partial charge on any atom is 0.0867 e. The summed E-state index contributed by atoms with van der Waals surface area (Å²) in [5.41, 5.74) is 3.96. The van der Waals surface area contributed by atoms with Gasteiger partial charge in [-0.05, 0) is 32.1 Å². The van der Waals surface area contributed by atoms with Gasteiger partial charge in [-0.1, -0.05) is 24.3 Å². The average Bonchev–Trinajstić information content (AvgIpc) is 2.29. The average molecular weight is 265 g/mol. The van der Waals surface area contributed by atoms with E-state index in [1.807, 2.05) is 0 Å². The van der Waals surface area contributed by atoms with Crippen molar-refractivity contribution in [3.05, 3.63) is 50.6 Å². The standard InChI is InChI=1S/C16H27NO2/c1-5-9-15(18,10-6-2)13-14(17)16(19,11-7-3)12-8-4/h5-8,14,18-19H,1-4,9-13,17H2. The Kier molecular flexibility index (Phi) is 7.61. The zero-order chi connectivity index (χ0) is 14.9. The fraction of sp³-hybridized carbons (Fsp3) is 0.500. The van der Waals surface area contributed by atoms with E-state index in [0.717, 1.165) is 0 Å². The molecule has 3 nitrogen and oxygen atoms in total. The number of aliphatic hydroxyl groups is 2. The molecule has 3 heteroatoms. The third-order valence-electron chi connectivity index (χ3n) is 3.33. The van der Waals surface area contributed by atoms with Crippen LogP contribution in [0.5, 0.6) is 0 Å². The van der Waals surface area contributed by atoms with E-state index in [0.29, 0.717) is 25.7 Å². The zero-order valence-electron chi connectivity index (χ0n) is 11.7. The lowest BCUT2D eigenvalue weighted by molar-refractivity contribution is -0.0308. The van der Waals surface area contributed by atoms with Gasteiger partial charge in [0.25, 0.3) is 0 Å². The number of rotatable bonds is 11. The van der Waals surface area contributed by atoms with E-state index in [9.17, 15) is 10.2 Å². The summed E-state index contributed by atoms with van der Waals surface area (Å²) in [4.78, 5) is 0. The molecule has 0 aliphatic rings. The highest BCUT2D eigenvalue weighted by Gasteiger charge is 2.37. The lowest BCUT2D eigenvalue weighted by Gasteiger charge is -2.37. The minimum absolute atomic E-state index is 0.267. The molecule has 0 bridgehead atoms. The second-order valence-corrected chi connectivity index (χ2v) is 5.11. The smallest absolute Gasteiger partial charge is 0.0867 e. The molecule has 1 atom stereocenters. The summed E-state index contributed by atoms with van der Waals surface area (Å²) in [5, 5.41) is 21.0. The molecule has 0 aromatic heterocycles. The van der Waals surface area contributed by atoms with Crippen LogP contribution in [-0.2, 0) is 0 Å². The fourth-order valence-corrected chi connectivity index (χ4v) is 2.27. The largest absolute Gasteiger partial charge is 0.389 e. The van der Waals surface area contributed by atoms with Crippen LogP contribution in [0.4, 0.5) is 0 Å². The van der Waals surface area contributed by atoms with E-state index in [1.54, 1.807) is 24.3 Å².